The smallest absolute Gasteiger partial charge is 0.390 e. The first-order valence-corrected chi connectivity index (χ1v) is 14.5. The van der Waals surface area contributed by atoms with Gasteiger partial charge in [-0.2, -0.15) is 4.31 Å². The average molecular weight is 569 g/mol. The largest absolute Gasteiger partial charge is 0.708 e. The van der Waals surface area contributed by atoms with E-state index in [9.17, 15) is 23.7 Å². The Morgan fingerprint density at radius 2 is 2.08 bits per heavy atom. The maximum atomic E-state index is 11.8. The van der Waals surface area contributed by atoms with Gasteiger partial charge in [0.1, 0.15) is 36.7 Å². The van der Waals surface area contributed by atoms with Crippen LogP contribution in [0.2, 0.25) is 0 Å². The van der Waals surface area contributed by atoms with Gasteiger partial charge in [-0.15, -0.1) is 9.20 Å². The van der Waals surface area contributed by atoms with Gasteiger partial charge in [-0.25, -0.2) is 24.4 Å². The molecule has 198 valence electrons. The van der Waals surface area contributed by atoms with E-state index >= 15 is 0 Å². The number of nitrogens with zero attached hydrogens (tertiary/aromatic N) is 3. The van der Waals surface area contributed by atoms with Gasteiger partial charge in [-0.05, 0) is 10.7 Å². The van der Waals surface area contributed by atoms with Gasteiger partial charge in [0.2, 0.25) is 0 Å². The van der Waals surface area contributed by atoms with Gasteiger partial charge >= 0.3 is 23.9 Å². The maximum Gasteiger partial charge on any atom is 0.708 e. The second kappa shape index (κ2) is 12.1. The van der Waals surface area contributed by atoms with E-state index < -0.39 is 48.9 Å². The topological polar surface area (TPSA) is 235 Å². The summed E-state index contributed by atoms with van der Waals surface area (Å²) < 4.78 is 57.3. The van der Waals surface area contributed by atoms with Gasteiger partial charge < -0.3 is 25.0 Å². The van der Waals surface area contributed by atoms with E-state index in [2.05, 4.69) is 42.0 Å². The Balaban J connectivity index is 1.68. The highest BCUT2D eigenvalue weighted by atomic mass is 31.3. The van der Waals surface area contributed by atoms with Gasteiger partial charge in [0.15, 0.2) is 0 Å². The van der Waals surface area contributed by atoms with Crippen LogP contribution in [0.5, 0.6) is 0 Å². The fourth-order valence-corrected chi connectivity index (χ4v) is 5.96. The van der Waals surface area contributed by atoms with Crippen LogP contribution in [-0.4, -0.2) is 53.5 Å². The average Bonchev–Trinajstić information content (AvgIpc) is 3.35. The standard InChI is InChI=1S/C17H23N4O12P3/c1-2-3-4-5-6-11-8-21(17-15(11)16(18)19-10-20-17)14-7-12(22)13(30-14)9-29-34(24)32-36(27,28)33-35(25,26)31-23/h8,10,12-14,22H,2-4,7,9H2,1H3,(H4-,18,19,20,23,25,26,27,28)/p+1/t12-,13+,14+/m0/s1. The molecular weight excluding hydrogens is 545 g/mol. The summed E-state index contributed by atoms with van der Waals surface area (Å²) in [6.07, 6.45) is 2.77. The lowest BCUT2D eigenvalue weighted by Gasteiger charge is -2.14. The van der Waals surface area contributed by atoms with Crippen molar-refractivity contribution in [3.05, 3.63) is 18.1 Å². The number of anilines is 1. The number of unbranched alkanes of at least 4 members (excludes halogenated alkanes) is 2. The monoisotopic (exact) mass is 569 g/mol. The number of aromatic nitrogens is 3. The summed E-state index contributed by atoms with van der Waals surface area (Å²) in [5.74, 6) is 6.35. The predicted octanol–water partition coefficient (Wildman–Crippen LogP) is 2.60. The minimum absolute atomic E-state index is 0.0746. The maximum absolute atomic E-state index is 11.8. The second-order valence-corrected chi connectivity index (χ2v) is 11.5. The Bertz CT molecular complexity index is 1260. The SMILES string of the molecule is CCCCC#Cc1cn([C@H]2C[C@H](O)[C@@H](CO[P+](=O)OP(=O)(O)OP(=O)(O)OO)O2)c2ncnc(N)c12. The molecule has 19 heteroatoms. The first-order chi connectivity index (χ1) is 17.0. The molecule has 6 atom stereocenters. The molecule has 1 fully saturated rings. The Hall–Kier alpha value is -1.82. The summed E-state index contributed by atoms with van der Waals surface area (Å²) in [6.45, 7) is 1.50. The van der Waals surface area contributed by atoms with Gasteiger partial charge in [-0.3, -0.25) is 4.89 Å². The zero-order valence-corrected chi connectivity index (χ0v) is 21.4. The summed E-state index contributed by atoms with van der Waals surface area (Å²) in [7, 11) is -14.1. The first-order valence-electron chi connectivity index (χ1n) is 10.4. The fraction of sp³-hybridized carbons (Fsp3) is 0.529. The van der Waals surface area contributed by atoms with E-state index in [1.807, 2.05) is 0 Å². The van der Waals surface area contributed by atoms with Crippen LogP contribution in [0, 0.1) is 11.8 Å². The van der Waals surface area contributed by atoms with Crippen molar-refractivity contribution in [3.8, 4) is 11.8 Å². The van der Waals surface area contributed by atoms with E-state index in [0.29, 0.717) is 23.0 Å². The molecule has 6 N–H and O–H groups in total. The van der Waals surface area contributed by atoms with Crippen LogP contribution in [0.15, 0.2) is 12.5 Å². The molecule has 0 saturated carbocycles. The molecule has 3 unspecified atom stereocenters. The van der Waals surface area contributed by atoms with Gasteiger partial charge in [-0.1, -0.05) is 25.2 Å². The van der Waals surface area contributed by atoms with E-state index in [-0.39, 0.29) is 12.2 Å². The lowest BCUT2D eigenvalue weighted by Crippen LogP contribution is -2.25. The van der Waals surface area contributed by atoms with Gasteiger partial charge in [0, 0.05) is 23.6 Å². The summed E-state index contributed by atoms with van der Waals surface area (Å²) in [6, 6.07) is 0. The zero-order chi connectivity index (χ0) is 26.5. The minimum Gasteiger partial charge on any atom is -0.390 e. The van der Waals surface area contributed by atoms with Crippen LogP contribution in [0.25, 0.3) is 11.0 Å². The quantitative estimate of drug-likeness (QED) is 0.0860. The van der Waals surface area contributed by atoms with Crippen LogP contribution >= 0.6 is 23.9 Å². The highest BCUT2D eigenvalue weighted by Gasteiger charge is 2.46. The number of aliphatic hydroxyl groups is 1. The van der Waals surface area contributed by atoms with Crippen molar-refractivity contribution in [2.45, 2.75) is 51.0 Å². The van der Waals surface area contributed by atoms with E-state index in [1.165, 1.54) is 6.33 Å². The third kappa shape index (κ3) is 7.36. The number of ether oxygens (including phenoxy) is 1. The zero-order valence-electron chi connectivity index (χ0n) is 18.7. The Morgan fingerprint density at radius 1 is 1.33 bits per heavy atom. The molecular formula is C17H24N4O12P3+. The fourth-order valence-electron chi connectivity index (χ4n) is 3.28. The highest BCUT2D eigenvalue weighted by molar-refractivity contribution is 7.64. The normalized spacial score (nSPS) is 23.6. The molecule has 3 heterocycles. The number of aliphatic hydroxyl groups excluding tert-OH is 1. The molecule has 1 aliphatic rings. The number of fused-ring (bicyclic) bond motifs is 1. The lowest BCUT2D eigenvalue weighted by molar-refractivity contribution is -0.157. The number of nitrogen functional groups attached to an aromatic ring is 1. The Labute approximate surface area is 205 Å². The second-order valence-electron chi connectivity index (χ2n) is 7.45. The predicted molar refractivity (Wildman–Crippen MR) is 122 cm³/mol. The Morgan fingerprint density at radius 3 is 2.78 bits per heavy atom. The molecule has 0 spiro atoms. The minimum atomic E-state index is -5.42. The molecule has 1 saturated heterocycles. The van der Waals surface area contributed by atoms with E-state index in [1.54, 1.807) is 10.8 Å². The third-order valence-electron chi connectivity index (χ3n) is 4.86. The van der Waals surface area contributed by atoms with Crippen molar-refractivity contribution in [2.24, 2.45) is 0 Å². The van der Waals surface area contributed by atoms with Crippen LogP contribution in [-0.2, 0) is 36.3 Å². The van der Waals surface area contributed by atoms with Crippen LogP contribution < -0.4 is 5.73 Å². The molecule has 0 bridgehead atoms. The van der Waals surface area contributed by atoms with Crippen molar-refractivity contribution in [1.82, 2.24) is 14.5 Å². The van der Waals surface area contributed by atoms with E-state index in [0.717, 1.165) is 12.8 Å². The molecule has 0 aromatic carbocycles. The molecule has 2 aromatic rings. The van der Waals surface area contributed by atoms with Crippen molar-refractivity contribution in [2.75, 3.05) is 12.3 Å². The molecule has 16 nitrogen and oxygen atoms in total. The number of nitrogens with two attached hydrogens (primary N) is 1. The van der Waals surface area contributed by atoms with Crippen molar-refractivity contribution in [1.29, 1.82) is 0 Å². The van der Waals surface area contributed by atoms with Gasteiger partial charge in [0.05, 0.1) is 17.1 Å². The Kier molecular flexibility index (Phi) is 9.70. The third-order valence-corrected chi connectivity index (χ3v) is 8.43. The van der Waals surface area contributed by atoms with Crippen LogP contribution in [0.3, 0.4) is 0 Å². The summed E-state index contributed by atoms with van der Waals surface area (Å²) in [4.78, 5) is 26.4. The van der Waals surface area contributed by atoms with E-state index in [4.69, 9.17) is 25.1 Å². The van der Waals surface area contributed by atoms with Gasteiger partial charge in [0.25, 0.3) is 0 Å². The molecule has 0 amide bonds. The molecule has 3 rings (SSSR count). The molecule has 1 aliphatic heterocycles. The first kappa shape index (κ1) is 28.7. The van der Waals surface area contributed by atoms with Crippen molar-refractivity contribution >= 4 is 40.8 Å². The summed E-state index contributed by atoms with van der Waals surface area (Å²) in [5.41, 5.74) is 7.04. The summed E-state index contributed by atoms with van der Waals surface area (Å²) in [5, 5.41) is 19.1. The molecule has 0 radical (unpaired) electrons. The van der Waals surface area contributed by atoms with Crippen LogP contribution in [0.4, 0.5) is 5.82 Å². The van der Waals surface area contributed by atoms with Crippen molar-refractivity contribution in [3.63, 3.8) is 0 Å². The molecule has 36 heavy (non-hydrogen) atoms. The molecule has 0 aliphatic carbocycles. The number of rotatable bonds is 11. The highest BCUT2D eigenvalue weighted by Crippen LogP contribution is 2.63. The number of phosphoric acid groups is 2. The number of hydrogen-bond donors (Lipinski definition) is 5. The van der Waals surface area contributed by atoms with Crippen molar-refractivity contribution < 1.29 is 56.4 Å². The lowest BCUT2D eigenvalue weighted by atomic mass is 10.2. The summed E-state index contributed by atoms with van der Waals surface area (Å²) >= 11 is 0. The molecule has 2 aromatic heterocycles. The van der Waals surface area contributed by atoms with Crippen LogP contribution in [0.1, 0.15) is 44.4 Å². The number of hydrogen-bond acceptors (Lipinski definition) is 13.